The molecule has 0 spiro atoms. The van der Waals surface area contributed by atoms with Crippen molar-refractivity contribution >= 4 is 33.3 Å². The van der Waals surface area contributed by atoms with Gasteiger partial charge in [-0.1, -0.05) is 41.6 Å². The molecule has 0 aliphatic rings. The molecular weight excluding hydrogens is 352 g/mol. The summed E-state index contributed by atoms with van der Waals surface area (Å²) in [6.45, 7) is 7.13. The fourth-order valence-electron chi connectivity index (χ4n) is 2.63. The molecule has 3 rings (SSSR count). The third-order valence-electron chi connectivity index (χ3n) is 4.26. The molecule has 1 aromatic carbocycles. The molecule has 25 heavy (non-hydrogen) atoms. The van der Waals surface area contributed by atoms with Crippen LogP contribution in [0, 0.1) is 20.8 Å². The highest BCUT2D eigenvalue weighted by atomic mass is 32.2. The van der Waals surface area contributed by atoms with E-state index in [2.05, 4.69) is 31.2 Å². The number of hydrogen-bond acceptors (Lipinski definition) is 5. The lowest BCUT2D eigenvalue weighted by atomic mass is 10.2. The Morgan fingerprint density at radius 2 is 1.92 bits per heavy atom. The Hall–Kier alpha value is -1.63. The first-order chi connectivity index (χ1) is 12.0. The minimum absolute atomic E-state index is 0.0373. The monoisotopic (exact) mass is 374 g/mol. The number of ether oxygens (including phenoxy) is 1. The molecular formula is C19H22N2O2S2. The maximum atomic E-state index is 13.0. The standard InChI is InChI=1S/C19H22N2O2S2/c1-12-5-7-15(8-6-12)11-24-19-20-17-16(13(2)14(3)25-17)18(22)21(19)9-10-23-4/h5-8H,9-11H2,1-4H3. The van der Waals surface area contributed by atoms with Gasteiger partial charge in [-0.05, 0) is 31.9 Å². The predicted molar refractivity (Wildman–Crippen MR) is 106 cm³/mol. The van der Waals surface area contributed by atoms with Crippen molar-refractivity contribution in [1.29, 1.82) is 0 Å². The van der Waals surface area contributed by atoms with Crippen LogP contribution in [0.4, 0.5) is 0 Å². The molecule has 0 N–H and O–H groups in total. The van der Waals surface area contributed by atoms with Crippen LogP contribution >= 0.6 is 23.1 Å². The quantitative estimate of drug-likeness (QED) is 0.476. The minimum atomic E-state index is 0.0373. The molecule has 0 saturated carbocycles. The molecule has 2 heterocycles. The molecule has 0 aliphatic carbocycles. The smallest absolute Gasteiger partial charge is 0.263 e. The highest BCUT2D eigenvalue weighted by molar-refractivity contribution is 7.98. The maximum Gasteiger partial charge on any atom is 0.263 e. The molecule has 132 valence electrons. The number of hydrogen-bond donors (Lipinski definition) is 0. The van der Waals surface area contributed by atoms with Gasteiger partial charge in [0.25, 0.3) is 5.56 Å². The van der Waals surface area contributed by atoms with Crippen LogP contribution in [0.25, 0.3) is 10.2 Å². The molecule has 0 atom stereocenters. The Labute approximate surface area is 155 Å². The van der Waals surface area contributed by atoms with Crippen LogP contribution in [-0.2, 0) is 17.0 Å². The second-order valence-corrected chi connectivity index (χ2v) is 8.23. The Balaban J connectivity index is 1.99. The van der Waals surface area contributed by atoms with Crippen LogP contribution in [-0.4, -0.2) is 23.3 Å². The van der Waals surface area contributed by atoms with E-state index in [0.29, 0.717) is 13.2 Å². The zero-order valence-corrected chi connectivity index (χ0v) is 16.6. The zero-order valence-electron chi connectivity index (χ0n) is 15.0. The third kappa shape index (κ3) is 3.81. The molecule has 0 amide bonds. The van der Waals surface area contributed by atoms with E-state index in [1.165, 1.54) is 11.1 Å². The molecule has 6 heteroatoms. The molecule has 0 radical (unpaired) electrons. The van der Waals surface area contributed by atoms with Gasteiger partial charge in [0.05, 0.1) is 18.5 Å². The average molecular weight is 375 g/mol. The number of fused-ring (bicyclic) bond motifs is 1. The lowest BCUT2D eigenvalue weighted by Gasteiger charge is -2.12. The summed E-state index contributed by atoms with van der Waals surface area (Å²) in [5.74, 6) is 0.786. The van der Waals surface area contributed by atoms with Gasteiger partial charge in [-0.2, -0.15) is 0 Å². The average Bonchev–Trinajstić information content (AvgIpc) is 2.88. The van der Waals surface area contributed by atoms with Gasteiger partial charge in [-0.3, -0.25) is 9.36 Å². The minimum Gasteiger partial charge on any atom is -0.383 e. The predicted octanol–water partition coefficient (Wildman–Crippen LogP) is 4.32. The Morgan fingerprint density at radius 1 is 1.20 bits per heavy atom. The van der Waals surface area contributed by atoms with Gasteiger partial charge < -0.3 is 4.74 Å². The van der Waals surface area contributed by atoms with E-state index in [1.807, 2.05) is 13.8 Å². The normalized spacial score (nSPS) is 11.4. The molecule has 4 nitrogen and oxygen atoms in total. The van der Waals surface area contributed by atoms with Crippen molar-refractivity contribution in [3.8, 4) is 0 Å². The highest BCUT2D eigenvalue weighted by Gasteiger charge is 2.16. The summed E-state index contributed by atoms with van der Waals surface area (Å²) in [6, 6.07) is 8.46. The second-order valence-electron chi connectivity index (χ2n) is 6.08. The number of aryl methyl sites for hydroxylation is 3. The number of thiophene rings is 1. The summed E-state index contributed by atoms with van der Waals surface area (Å²) in [5, 5.41) is 1.51. The van der Waals surface area contributed by atoms with Gasteiger partial charge in [0, 0.05) is 17.7 Å². The molecule has 0 aliphatic heterocycles. The van der Waals surface area contributed by atoms with Crippen molar-refractivity contribution in [2.75, 3.05) is 13.7 Å². The van der Waals surface area contributed by atoms with E-state index in [1.54, 1.807) is 34.8 Å². The third-order valence-corrected chi connectivity index (χ3v) is 6.41. The van der Waals surface area contributed by atoms with E-state index in [-0.39, 0.29) is 5.56 Å². The maximum absolute atomic E-state index is 13.0. The van der Waals surface area contributed by atoms with Gasteiger partial charge in [0.15, 0.2) is 5.16 Å². The van der Waals surface area contributed by atoms with Crippen molar-refractivity contribution in [3.05, 3.63) is 56.2 Å². The van der Waals surface area contributed by atoms with Gasteiger partial charge in [-0.25, -0.2) is 4.98 Å². The Bertz CT molecular complexity index is 943. The van der Waals surface area contributed by atoms with E-state index in [9.17, 15) is 4.79 Å². The van der Waals surface area contributed by atoms with Gasteiger partial charge in [-0.15, -0.1) is 11.3 Å². The van der Waals surface area contributed by atoms with Crippen molar-refractivity contribution in [2.45, 2.75) is 38.2 Å². The van der Waals surface area contributed by atoms with Gasteiger partial charge in [0.1, 0.15) is 4.83 Å². The summed E-state index contributed by atoms with van der Waals surface area (Å²) in [7, 11) is 1.65. The molecule has 0 fully saturated rings. The van der Waals surface area contributed by atoms with Crippen LogP contribution in [0.3, 0.4) is 0 Å². The van der Waals surface area contributed by atoms with Gasteiger partial charge in [0.2, 0.25) is 0 Å². The summed E-state index contributed by atoms with van der Waals surface area (Å²) in [6.07, 6.45) is 0. The second kappa shape index (κ2) is 7.72. The number of nitrogens with zero attached hydrogens (tertiary/aromatic N) is 2. The Morgan fingerprint density at radius 3 is 2.60 bits per heavy atom. The molecule has 3 aromatic rings. The van der Waals surface area contributed by atoms with Crippen molar-refractivity contribution < 1.29 is 4.74 Å². The van der Waals surface area contributed by atoms with Crippen LogP contribution in [0.15, 0.2) is 34.2 Å². The van der Waals surface area contributed by atoms with Crippen LogP contribution in [0.2, 0.25) is 0 Å². The number of thioether (sulfide) groups is 1. The van der Waals surface area contributed by atoms with Crippen LogP contribution in [0.5, 0.6) is 0 Å². The molecule has 0 unspecified atom stereocenters. The summed E-state index contributed by atoms with van der Waals surface area (Å²) in [4.78, 5) is 19.8. The Kier molecular flexibility index (Phi) is 5.61. The van der Waals surface area contributed by atoms with Crippen molar-refractivity contribution in [1.82, 2.24) is 9.55 Å². The zero-order chi connectivity index (χ0) is 18.0. The molecule has 0 saturated heterocycles. The number of rotatable bonds is 6. The lowest BCUT2D eigenvalue weighted by Crippen LogP contribution is -2.25. The molecule has 2 aromatic heterocycles. The lowest BCUT2D eigenvalue weighted by molar-refractivity contribution is 0.183. The summed E-state index contributed by atoms with van der Waals surface area (Å²) < 4.78 is 6.94. The number of aromatic nitrogens is 2. The van der Waals surface area contributed by atoms with E-state index in [0.717, 1.165) is 31.6 Å². The number of benzene rings is 1. The first-order valence-electron chi connectivity index (χ1n) is 8.19. The van der Waals surface area contributed by atoms with E-state index in [4.69, 9.17) is 9.72 Å². The highest BCUT2D eigenvalue weighted by Crippen LogP contribution is 2.29. The topological polar surface area (TPSA) is 44.1 Å². The largest absolute Gasteiger partial charge is 0.383 e. The van der Waals surface area contributed by atoms with Gasteiger partial charge >= 0.3 is 0 Å². The molecule has 0 bridgehead atoms. The summed E-state index contributed by atoms with van der Waals surface area (Å²) >= 11 is 3.20. The fraction of sp³-hybridized carbons (Fsp3) is 0.368. The SMILES string of the molecule is COCCn1c(SCc2ccc(C)cc2)nc2sc(C)c(C)c2c1=O. The first kappa shape index (κ1) is 18.2. The van der Waals surface area contributed by atoms with E-state index >= 15 is 0 Å². The summed E-state index contributed by atoms with van der Waals surface area (Å²) in [5.41, 5.74) is 3.55. The van der Waals surface area contributed by atoms with Crippen molar-refractivity contribution in [3.63, 3.8) is 0 Å². The van der Waals surface area contributed by atoms with Crippen LogP contribution in [0.1, 0.15) is 21.6 Å². The fourth-order valence-corrected chi connectivity index (χ4v) is 4.68. The van der Waals surface area contributed by atoms with Crippen molar-refractivity contribution in [2.24, 2.45) is 0 Å². The number of methoxy groups -OCH3 is 1. The van der Waals surface area contributed by atoms with Crippen LogP contribution < -0.4 is 5.56 Å². The van der Waals surface area contributed by atoms with E-state index < -0.39 is 0 Å². The first-order valence-corrected chi connectivity index (χ1v) is 9.99.